The molecule has 2 aromatic rings. The van der Waals surface area contributed by atoms with Crippen LogP contribution >= 0.6 is 0 Å². The van der Waals surface area contributed by atoms with Gasteiger partial charge >= 0.3 is 5.69 Å². The zero-order valence-electron chi connectivity index (χ0n) is 8.12. The molecule has 76 valence electrons. The minimum Gasteiger partial charge on any atom is -0.310 e. The van der Waals surface area contributed by atoms with Crippen LogP contribution in [0.4, 0.5) is 4.39 Å². The molecule has 1 aromatic carbocycles. The van der Waals surface area contributed by atoms with Gasteiger partial charge in [-0.05, 0) is 25.1 Å². The van der Waals surface area contributed by atoms with Crippen LogP contribution in [0.25, 0.3) is 11.3 Å². The number of aryl methyl sites for hydroxylation is 1. The highest BCUT2D eigenvalue weighted by atomic mass is 19.1. The molecule has 1 aromatic heterocycles. The molecule has 0 saturated heterocycles. The molecule has 0 amide bonds. The molecule has 3 nitrogen and oxygen atoms in total. The van der Waals surface area contributed by atoms with Crippen molar-refractivity contribution in [2.24, 2.45) is 0 Å². The average molecular weight is 204 g/mol. The van der Waals surface area contributed by atoms with Gasteiger partial charge in [0.2, 0.25) is 0 Å². The van der Waals surface area contributed by atoms with Crippen molar-refractivity contribution in [1.29, 1.82) is 0 Å². The Balaban J connectivity index is 2.64. The topological polar surface area (TPSA) is 45.8 Å². The lowest BCUT2D eigenvalue weighted by atomic mass is 10.1. The van der Waals surface area contributed by atoms with E-state index in [9.17, 15) is 9.18 Å². The molecule has 0 radical (unpaired) electrons. The Morgan fingerprint density at radius 1 is 1.33 bits per heavy atom. The highest BCUT2D eigenvalue weighted by molar-refractivity contribution is 5.59. The Morgan fingerprint density at radius 3 is 2.73 bits per heavy atom. The van der Waals surface area contributed by atoms with Crippen molar-refractivity contribution in [2.45, 2.75) is 6.92 Å². The van der Waals surface area contributed by atoms with Crippen LogP contribution in [-0.4, -0.2) is 9.97 Å². The fourth-order valence-corrected chi connectivity index (χ4v) is 1.39. The standard InChI is InChI=1S/C11H9FN2O/c1-7-6-10(14-11(15)13-7)8-4-2-3-5-9(8)12/h2-6H,1H3,(H,13,14,15). The Hall–Kier alpha value is -1.97. The van der Waals surface area contributed by atoms with Gasteiger partial charge in [-0.3, -0.25) is 0 Å². The van der Waals surface area contributed by atoms with Crippen LogP contribution in [0.5, 0.6) is 0 Å². The van der Waals surface area contributed by atoms with Gasteiger partial charge in [0.25, 0.3) is 0 Å². The second kappa shape index (κ2) is 3.65. The van der Waals surface area contributed by atoms with E-state index in [1.165, 1.54) is 6.07 Å². The van der Waals surface area contributed by atoms with Crippen LogP contribution in [0.15, 0.2) is 35.1 Å². The summed E-state index contributed by atoms with van der Waals surface area (Å²) in [6.07, 6.45) is 0. The highest BCUT2D eigenvalue weighted by Crippen LogP contribution is 2.19. The second-order valence-corrected chi connectivity index (χ2v) is 3.23. The van der Waals surface area contributed by atoms with Crippen LogP contribution in [-0.2, 0) is 0 Å². The molecular weight excluding hydrogens is 195 g/mol. The Morgan fingerprint density at radius 2 is 2.07 bits per heavy atom. The minimum absolute atomic E-state index is 0.340. The molecule has 0 aliphatic carbocycles. The molecule has 0 aliphatic heterocycles. The molecule has 15 heavy (non-hydrogen) atoms. The molecule has 1 heterocycles. The average Bonchev–Trinajstić information content (AvgIpc) is 2.16. The van der Waals surface area contributed by atoms with E-state index in [1.54, 1.807) is 31.2 Å². The van der Waals surface area contributed by atoms with Crippen LogP contribution < -0.4 is 5.69 Å². The Bertz CT molecular complexity index is 548. The van der Waals surface area contributed by atoms with Crippen LogP contribution in [0.3, 0.4) is 0 Å². The van der Waals surface area contributed by atoms with Crippen molar-refractivity contribution in [1.82, 2.24) is 9.97 Å². The number of halogens is 1. The predicted molar refractivity (Wildman–Crippen MR) is 55.0 cm³/mol. The Labute approximate surface area is 85.6 Å². The van der Waals surface area contributed by atoms with Gasteiger partial charge in [0, 0.05) is 11.3 Å². The normalized spacial score (nSPS) is 10.3. The Kier molecular flexibility index (Phi) is 2.33. The highest BCUT2D eigenvalue weighted by Gasteiger charge is 2.06. The summed E-state index contributed by atoms with van der Waals surface area (Å²) in [5.41, 5.74) is 0.891. The number of nitrogens with zero attached hydrogens (tertiary/aromatic N) is 1. The SMILES string of the molecule is Cc1cc(-c2ccccc2F)nc(=O)[nH]1. The van der Waals surface area contributed by atoms with Crippen molar-refractivity contribution in [3.8, 4) is 11.3 Å². The summed E-state index contributed by atoms with van der Waals surface area (Å²) in [5, 5.41) is 0. The molecule has 0 unspecified atom stereocenters. The van der Waals surface area contributed by atoms with E-state index in [2.05, 4.69) is 9.97 Å². The summed E-state index contributed by atoms with van der Waals surface area (Å²) in [6.45, 7) is 1.73. The van der Waals surface area contributed by atoms with Crippen molar-refractivity contribution in [3.63, 3.8) is 0 Å². The third-order valence-corrected chi connectivity index (χ3v) is 2.03. The molecule has 0 saturated carbocycles. The predicted octanol–water partition coefficient (Wildman–Crippen LogP) is 1.88. The number of rotatable bonds is 1. The molecule has 0 spiro atoms. The van der Waals surface area contributed by atoms with Gasteiger partial charge in [-0.1, -0.05) is 12.1 Å². The van der Waals surface area contributed by atoms with Gasteiger partial charge in [-0.25, -0.2) is 9.18 Å². The fourth-order valence-electron chi connectivity index (χ4n) is 1.39. The molecule has 1 N–H and O–H groups in total. The molecule has 0 fully saturated rings. The fraction of sp³-hybridized carbons (Fsp3) is 0.0909. The lowest BCUT2D eigenvalue weighted by Crippen LogP contribution is -2.12. The monoisotopic (exact) mass is 204 g/mol. The van der Waals surface area contributed by atoms with Crippen molar-refractivity contribution in [3.05, 3.63) is 52.3 Å². The minimum atomic E-state index is -0.465. The van der Waals surface area contributed by atoms with E-state index in [0.29, 0.717) is 17.0 Å². The van der Waals surface area contributed by atoms with Crippen molar-refractivity contribution < 1.29 is 4.39 Å². The van der Waals surface area contributed by atoms with E-state index in [0.717, 1.165) is 0 Å². The molecule has 0 atom stereocenters. The van der Waals surface area contributed by atoms with E-state index < -0.39 is 5.69 Å². The summed E-state index contributed by atoms with van der Waals surface area (Å²) >= 11 is 0. The molecular formula is C11H9FN2O. The molecule has 0 aliphatic rings. The molecule has 0 bridgehead atoms. The smallest absolute Gasteiger partial charge is 0.310 e. The number of benzene rings is 1. The lowest BCUT2D eigenvalue weighted by Gasteiger charge is -2.02. The van der Waals surface area contributed by atoms with Crippen molar-refractivity contribution >= 4 is 0 Å². The number of aromatic nitrogens is 2. The summed E-state index contributed by atoms with van der Waals surface area (Å²) in [5.74, 6) is -0.380. The van der Waals surface area contributed by atoms with Gasteiger partial charge in [0.1, 0.15) is 5.82 Å². The number of aromatic amines is 1. The first kappa shape index (κ1) is 9.58. The third kappa shape index (κ3) is 1.93. The summed E-state index contributed by atoms with van der Waals surface area (Å²) < 4.78 is 13.4. The van der Waals surface area contributed by atoms with E-state index in [4.69, 9.17) is 0 Å². The maximum absolute atomic E-state index is 13.4. The summed E-state index contributed by atoms with van der Waals surface area (Å²) in [4.78, 5) is 17.3. The maximum atomic E-state index is 13.4. The quantitative estimate of drug-likeness (QED) is 0.770. The van der Waals surface area contributed by atoms with E-state index in [-0.39, 0.29) is 5.82 Å². The molecule has 2 rings (SSSR count). The first-order valence-corrected chi connectivity index (χ1v) is 4.50. The number of hydrogen-bond donors (Lipinski definition) is 1. The third-order valence-electron chi connectivity index (χ3n) is 2.03. The zero-order chi connectivity index (χ0) is 10.8. The number of nitrogens with one attached hydrogen (secondary N) is 1. The van der Waals surface area contributed by atoms with Crippen LogP contribution in [0.2, 0.25) is 0 Å². The van der Waals surface area contributed by atoms with Crippen LogP contribution in [0.1, 0.15) is 5.69 Å². The second-order valence-electron chi connectivity index (χ2n) is 3.23. The number of hydrogen-bond acceptors (Lipinski definition) is 2. The zero-order valence-corrected chi connectivity index (χ0v) is 8.12. The summed E-state index contributed by atoms with van der Waals surface area (Å²) in [6, 6.07) is 7.87. The van der Waals surface area contributed by atoms with Gasteiger partial charge in [0.15, 0.2) is 0 Å². The largest absolute Gasteiger partial charge is 0.345 e. The van der Waals surface area contributed by atoms with Crippen LogP contribution in [0, 0.1) is 12.7 Å². The van der Waals surface area contributed by atoms with Crippen molar-refractivity contribution in [2.75, 3.05) is 0 Å². The lowest BCUT2D eigenvalue weighted by molar-refractivity contribution is 0.630. The number of H-pyrrole nitrogens is 1. The first-order chi connectivity index (χ1) is 7.16. The van der Waals surface area contributed by atoms with Gasteiger partial charge in [0.05, 0.1) is 5.69 Å². The van der Waals surface area contributed by atoms with Gasteiger partial charge in [-0.15, -0.1) is 0 Å². The van der Waals surface area contributed by atoms with E-state index in [1.807, 2.05) is 0 Å². The first-order valence-electron chi connectivity index (χ1n) is 4.50. The van der Waals surface area contributed by atoms with Gasteiger partial charge < -0.3 is 4.98 Å². The van der Waals surface area contributed by atoms with E-state index >= 15 is 0 Å². The van der Waals surface area contributed by atoms with Gasteiger partial charge in [-0.2, -0.15) is 4.98 Å². The maximum Gasteiger partial charge on any atom is 0.345 e. The summed E-state index contributed by atoms with van der Waals surface area (Å²) in [7, 11) is 0. The molecule has 4 heteroatoms.